The number of aromatic nitrogens is 1. The highest BCUT2D eigenvalue weighted by Gasteiger charge is 2.29. The maximum atomic E-state index is 11.8. The summed E-state index contributed by atoms with van der Waals surface area (Å²) < 4.78 is 6.97. The van der Waals surface area contributed by atoms with Gasteiger partial charge < -0.3 is 20.1 Å². The van der Waals surface area contributed by atoms with E-state index in [2.05, 4.69) is 0 Å². The maximum Gasteiger partial charge on any atom is 0.298 e. The van der Waals surface area contributed by atoms with Gasteiger partial charge in [0.05, 0.1) is 28.6 Å². The number of aryl methyl sites for hydroxylation is 1. The Hall–Kier alpha value is -3.06. The molecule has 0 amide bonds. The maximum absolute atomic E-state index is 11.8. The number of phenolic OH excluding ortho intramolecular Hbond substituents is 1. The standard InChI is InChI=1S/C19H21N3O4/c1-10-11(2)19(23)15(9-20)18-16(10)17(22(24)25)12(3)21(18)13-5-7-14(26-4)8-6-13/h5-8,23H,9,20H2,1-4H3. The third-order valence-electron chi connectivity index (χ3n) is 4.96. The highest BCUT2D eigenvalue weighted by Crippen LogP contribution is 2.43. The van der Waals surface area contributed by atoms with Crippen LogP contribution in [-0.4, -0.2) is 21.7 Å². The number of benzene rings is 2. The lowest BCUT2D eigenvalue weighted by Crippen LogP contribution is -2.05. The van der Waals surface area contributed by atoms with Crippen molar-refractivity contribution in [1.82, 2.24) is 4.57 Å². The van der Waals surface area contributed by atoms with Crippen molar-refractivity contribution in [3.63, 3.8) is 0 Å². The van der Waals surface area contributed by atoms with Crippen LogP contribution in [0.25, 0.3) is 16.6 Å². The SMILES string of the molecule is COc1ccc(-n2c(C)c([N+](=O)[O-])c3c(C)c(C)c(O)c(CN)c32)cc1. The Morgan fingerprint density at radius 3 is 2.31 bits per heavy atom. The van der Waals surface area contributed by atoms with Crippen LogP contribution in [0, 0.1) is 30.9 Å². The molecule has 0 saturated heterocycles. The summed E-state index contributed by atoms with van der Waals surface area (Å²) in [6.07, 6.45) is 0. The summed E-state index contributed by atoms with van der Waals surface area (Å²) >= 11 is 0. The van der Waals surface area contributed by atoms with E-state index in [0.29, 0.717) is 39.0 Å². The lowest BCUT2D eigenvalue weighted by molar-refractivity contribution is -0.383. The predicted octanol–water partition coefficient (Wildman–Crippen LogP) is 3.64. The lowest BCUT2D eigenvalue weighted by atomic mass is 9.98. The number of phenols is 1. The number of aromatic hydroxyl groups is 1. The number of nitro groups is 1. The topological polar surface area (TPSA) is 104 Å². The molecule has 26 heavy (non-hydrogen) atoms. The van der Waals surface area contributed by atoms with Gasteiger partial charge in [-0.25, -0.2) is 0 Å². The zero-order valence-electron chi connectivity index (χ0n) is 15.2. The fraction of sp³-hybridized carbons (Fsp3) is 0.263. The van der Waals surface area contributed by atoms with Crippen molar-refractivity contribution in [2.45, 2.75) is 27.3 Å². The van der Waals surface area contributed by atoms with E-state index in [9.17, 15) is 15.2 Å². The van der Waals surface area contributed by atoms with Crippen LogP contribution >= 0.6 is 0 Å². The predicted molar refractivity (Wildman–Crippen MR) is 100 cm³/mol. The molecule has 0 unspecified atom stereocenters. The molecule has 0 spiro atoms. The number of rotatable bonds is 4. The van der Waals surface area contributed by atoms with E-state index >= 15 is 0 Å². The molecule has 2 aromatic carbocycles. The Balaban J connectivity index is 2.53. The van der Waals surface area contributed by atoms with Gasteiger partial charge in [-0.3, -0.25) is 10.1 Å². The van der Waals surface area contributed by atoms with Gasteiger partial charge in [-0.15, -0.1) is 0 Å². The second kappa shape index (κ2) is 6.34. The van der Waals surface area contributed by atoms with Gasteiger partial charge in [-0.1, -0.05) is 0 Å². The van der Waals surface area contributed by atoms with Gasteiger partial charge in [-0.2, -0.15) is 0 Å². The first-order chi connectivity index (χ1) is 12.3. The van der Waals surface area contributed by atoms with Crippen molar-refractivity contribution >= 4 is 16.6 Å². The van der Waals surface area contributed by atoms with Gasteiger partial charge in [0.1, 0.15) is 11.5 Å². The molecule has 136 valence electrons. The summed E-state index contributed by atoms with van der Waals surface area (Å²) in [7, 11) is 1.58. The van der Waals surface area contributed by atoms with Crippen molar-refractivity contribution in [3.8, 4) is 17.2 Å². The van der Waals surface area contributed by atoms with E-state index < -0.39 is 0 Å². The summed E-state index contributed by atoms with van der Waals surface area (Å²) in [6, 6.07) is 7.22. The third kappa shape index (κ3) is 2.40. The van der Waals surface area contributed by atoms with Crippen LogP contribution < -0.4 is 10.5 Å². The molecule has 0 radical (unpaired) electrons. The minimum atomic E-state index is -0.374. The normalized spacial score (nSPS) is 11.1. The molecule has 0 fully saturated rings. The number of fused-ring (bicyclic) bond motifs is 1. The first-order valence-electron chi connectivity index (χ1n) is 8.18. The Morgan fingerprint density at radius 2 is 1.81 bits per heavy atom. The number of nitrogens with two attached hydrogens (primary N) is 1. The molecule has 0 atom stereocenters. The molecule has 0 aliphatic carbocycles. The average molecular weight is 355 g/mol. The smallest absolute Gasteiger partial charge is 0.298 e. The van der Waals surface area contributed by atoms with Crippen LogP contribution in [0.4, 0.5) is 5.69 Å². The van der Waals surface area contributed by atoms with E-state index in [-0.39, 0.29) is 22.9 Å². The number of hydrogen-bond acceptors (Lipinski definition) is 5. The van der Waals surface area contributed by atoms with Gasteiger partial charge in [0, 0.05) is 17.8 Å². The van der Waals surface area contributed by atoms with Crippen LogP contribution in [0.1, 0.15) is 22.4 Å². The van der Waals surface area contributed by atoms with Crippen molar-refractivity contribution in [2.24, 2.45) is 5.73 Å². The minimum absolute atomic E-state index is 0.0334. The highest BCUT2D eigenvalue weighted by molar-refractivity contribution is 6.00. The Kier molecular flexibility index (Phi) is 4.33. The molecule has 7 heteroatoms. The highest BCUT2D eigenvalue weighted by atomic mass is 16.6. The summed E-state index contributed by atoms with van der Waals surface area (Å²) in [6.45, 7) is 5.30. The van der Waals surface area contributed by atoms with Crippen molar-refractivity contribution < 1.29 is 14.8 Å². The van der Waals surface area contributed by atoms with Gasteiger partial charge in [0.25, 0.3) is 5.69 Å². The second-order valence-corrected chi connectivity index (χ2v) is 6.23. The van der Waals surface area contributed by atoms with Crippen molar-refractivity contribution in [2.75, 3.05) is 7.11 Å². The number of nitrogens with zero attached hydrogens (tertiary/aromatic N) is 2. The van der Waals surface area contributed by atoms with Crippen LogP contribution in [0.5, 0.6) is 11.5 Å². The lowest BCUT2D eigenvalue weighted by Gasteiger charge is -2.15. The van der Waals surface area contributed by atoms with Crippen LogP contribution in [0.3, 0.4) is 0 Å². The van der Waals surface area contributed by atoms with Crippen molar-refractivity contribution in [3.05, 3.63) is 56.8 Å². The minimum Gasteiger partial charge on any atom is -0.507 e. The molecule has 3 N–H and O–H groups in total. The summed E-state index contributed by atoms with van der Waals surface area (Å²) in [5.74, 6) is 0.769. The Bertz CT molecular complexity index is 1020. The fourth-order valence-electron chi connectivity index (χ4n) is 3.49. The molecule has 7 nitrogen and oxygen atoms in total. The van der Waals surface area contributed by atoms with Gasteiger partial charge >= 0.3 is 0 Å². The van der Waals surface area contributed by atoms with E-state index in [1.54, 1.807) is 44.6 Å². The molecular weight excluding hydrogens is 334 g/mol. The largest absolute Gasteiger partial charge is 0.507 e. The van der Waals surface area contributed by atoms with E-state index in [4.69, 9.17) is 10.5 Å². The molecule has 0 saturated carbocycles. The quantitative estimate of drug-likeness (QED) is 0.549. The van der Waals surface area contributed by atoms with E-state index in [0.717, 1.165) is 5.69 Å². The molecule has 0 aliphatic heterocycles. The zero-order valence-corrected chi connectivity index (χ0v) is 15.2. The molecule has 1 aromatic heterocycles. The number of ether oxygens (including phenoxy) is 1. The Labute approximate surface area is 150 Å². The number of hydrogen-bond donors (Lipinski definition) is 2. The fourth-order valence-corrected chi connectivity index (χ4v) is 3.49. The Morgan fingerprint density at radius 1 is 1.19 bits per heavy atom. The zero-order chi connectivity index (χ0) is 19.2. The first kappa shape index (κ1) is 17.8. The molecular formula is C19H21N3O4. The summed E-state index contributed by atoms with van der Waals surface area (Å²) in [5.41, 5.74) is 9.50. The third-order valence-corrected chi connectivity index (χ3v) is 4.96. The second-order valence-electron chi connectivity index (χ2n) is 6.23. The summed E-state index contributed by atoms with van der Waals surface area (Å²) in [5, 5.41) is 22.9. The van der Waals surface area contributed by atoms with Crippen LogP contribution in [0.15, 0.2) is 24.3 Å². The van der Waals surface area contributed by atoms with Crippen LogP contribution in [-0.2, 0) is 6.54 Å². The van der Waals surface area contributed by atoms with Crippen LogP contribution in [0.2, 0.25) is 0 Å². The van der Waals surface area contributed by atoms with Gasteiger partial charge in [0.2, 0.25) is 0 Å². The molecule has 1 heterocycles. The van der Waals surface area contributed by atoms with Gasteiger partial charge in [0.15, 0.2) is 0 Å². The van der Waals surface area contributed by atoms with E-state index in [1.807, 2.05) is 12.1 Å². The average Bonchev–Trinajstić information content (AvgIpc) is 2.93. The van der Waals surface area contributed by atoms with Gasteiger partial charge in [-0.05, 0) is 56.2 Å². The monoisotopic (exact) mass is 355 g/mol. The number of methoxy groups -OCH3 is 1. The molecule has 0 bridgehead atoms. The molecule has 0 aliphatic rings. The first-order valence-corrected chi connectivity index (χ1v) is 8.18. The van der Waals surface area contributed by atoms with E-state index in [1.165, 1.54) is 0 Å². The summed E-state index contributed by atoms with van der Waals surface area (Å²) in [4.78, 5) is 11.4. The molecule has 3 aromatic rings. The van der Waals surface area contributed by atoms with Crippen molar-refractivity contribution in [1.29, 1.82) is 0 Å². The molecule has 3 rings (SSSR count).